The van der Waals surface area contributed by atoms with E-state index in [9.17, 15) is 4.79 Å². The third-order valence-corrected chi connectivity index (χ3v) is 5.48. The van der Waals surface area contributed by atoms with Gasteiger partial charge in [0.05, 0.1) is 0 Å². The number of rotatable bonds is 6. The van der Waals surface area contributed by atoms with E-state index in [1.54, 1.807) is 0 Å². The molecule has 3 heteroatoms. The van der Waals surface area contributed by atoms with E-state index in [1.807, 2.05) is 0 Å². The van der Waals surface area contributed by atoms with Crippen molar-refractivity contribution in [3.05, 3.63) is 0 Å². The maximum Gasteiger partial charge on any atom is 0.220 e. The van der Waals surface area contributed by atoms with Crippen LogP contribution in [0.25, 0.3) is 0 Å². The molecule has 0 aromatic rings. The summed E-state index contributed by atoms with van der Waals surface area (Å²) in [5.74, 6) is 3.05. The van der Waals surface area contributed by atoms with Crippen LogP contribution in [-0.2, 0) is 4.79 Å². The van der Waals surface area contributed by atoms with Crippen molar-refractivity contribution in [2.45, 2.75) is 64.2 Å². The van der Waals surface area contributed by atoms with Crippen LogP contribution in [0.2, 0.25) is 0 Å². The molecule has 2 aliphatic rings. The van der Waals surface area contributed by atoms with Crippen molar-refractivity contribution in [3.8, 4) is 0 Å². The van der Waals surface area contributed by atoms with Crippen LogP contribution < -0.4 is 5.32 Å². The van der Waals surface area contributed by atoms with Gasteiger partial charge in [-0.2, -0.15) is 0 Å². The third-order valence-electron chi connectivity index (χ3n) is 5.08. The van der Waals surface area contributed by atoms with Crippen molar-refractivity contribution in [2.75, 3.05) is 12.4 Å². The second-order valence-electron chi connectivity index (χ2n) is 6.45. The van der Waals surface area contributed by atoms with E-state index in [1.165, 1.54) is 51.4 Å². The Labute approximate surface area is 122 Å². The van der Waals surface area contributed by atoms with Gasteiger partial charge < -0.3 is 5.32 Å². The molecule has 19 heavy (non-hydrogen) atoms. The van der Waals surface area contributed by atoms with Gasteiger partial charge in [-0.1, -0.05) is 38.5 Å². The van der Waals surface area contributed by atoms with Crippen molar-refractivity contribution in [2.24, 2.45) is 17.8 Å². The number of carbonyl (C=O) groups excluding carboxylic acids is 1. The summed E-state index contributed by atoms with van der Waals surface area (Å²) in [7, 11) is 0. The Morgan fingerprint density at radius 1 is 1.00 bits per heavy atom. The highest BCUT2D eigenvalue weighted by Gasteiger charge is 2.24. The highest BCUT2D eigenvalue weighted by molar-refractivity contribution is 6.18. The standard InChI is InChI=1S/C16H28ClNO/c17-11-14-7-3-4-8-15(14)12-18-16(19)10-9-13-5-1-2-6-13/h13-15H,1-12H2,(H,18,19). The zero-order chi connectivity index (χ0) is 13.5. The minimum absolute atomic E-state index is 0.255. The van der Waals surface area contributed by atoms with E-state index in [0.29, 0.717) is 11.8 Å². The Morgan fingerprint density at radius 3 is 2.32 bits per heavy atom. The van der Waals surface area contributed by atoms with Crippen molar-refractivity contribution in [3.63, 3.8) is 0 Å². The van der Waals surface area contributed by atoms with Gasteiger partial charge in [-0.25, -0.2) is 0 Å². The molecule has 1 N–H and O–H groups in total. The molecule has 0 spiro atoms. The van der Waals surface area contributed by atoms with Gasteiger partial charge in [0.25, 0.3) is 0 Å². The lowest BCUT2D eigenvalue weighted by Gasteiger charge is -2.30. The van der Waals surface area contributed by atoms with E-state index in [4.69, 9.17) is 11.6 Å². The zero-order valence-electron chi connectivity index (χ0n) is 12.0. The Balaban J connectivity index is 1.61. The first-order valence-corrected chi connectivity index (χ1v) is 8.65. The van der Waals surface area contributed by atoms with Crippen LogP contribution in [0.5, 0.6) is 0 Å². The molecular formula is C16H28ClNO. The Hall–Kier alpha value is -0.240. The fraction of sp³-hybridized carbons (Fsp3) is 0.938. The molecule has 2 atom stereocenters. The lowest BCUT2D eigenvalue weighted by Crippen LogP contribution is -2.34. The summed E-state index contributed by atoms with van der Waals surface area (Å²) < 4.78 is 0. The number of amides is 1. The minimum atomic E-state index is 0.255. The van der Waals surface area contributed by atoms with Crippen LogP contribution in [0.4, 0.5) is 0 Å². The number of halogens is 1. The average molecular weight is 286 g/mol. The fourth-order valence-electron chi connectivity index (χ4n) is 3.72. The van der Waals surface area contributed by atoms with Crippen molar-refractivity contribution in [1.82, 2.24) is 5.32 Å². The van der Waals surface area contributed by atoms with Crippen LogP contribution in [0.15, 0.2) is 0 Å². The van der Waals surface area contributed by atoms with E-state index >= 15 is 0 Å². The highest BCUT2D eigenvalue weighted by Crippen LogP contribution is 2.31. The molecule has 2 fully saturated rings. The quantitative estimate of drug-likeness (QED) is 0.731. The summed E-state index contributed by atoms with van der Waals surface area (Å²) in [6, 6.07) is 0. The van der Waals surface area contributed by atoms with E-state index in [2.05, 4.69) is 5.32 Å². The molecule has 2 rings (SSSR count). The van der Waals surface area contributed by atoms with Crippen LogP contribution in [0.1, 0.15) is 64.2 Å². The second-order valence-corrected chi connectivity index (χ2v) is 6.76. The summed E-state index contributed by atoms with van der Waals surface area (Å²) in [4.78, 5) is 11.9. The fourth-order valence-corrected chi connectivity index (χ4v) is 4.13. The summed E-state index contributed by atoms with van der Waals surface area (Å²) in [5.41, 5.74) is 0. The van der Waals surface area contributed by atoms with Gasteiger partial charge in [-0.05, 0) is 37.0 Å². The Morgan fingerprint density at radius 2 is 1.63 bits per heavy atom. The molecular weight excluding hydrogens is 258 g/mol. The van der Waals surface area contributed by atoms with Gasteiger partial charge in [-0.15, -0.1) is 11.6 Å². The molecule has 1 amide bonds. The Kier molecular flexibility index (Phi) is 6.49. The van der Waals surface area contributed by atoms with E-state index in [-0.39, 0.29) is 5.91 Å². The van der Waals surface area contributed by atoms with Crippen LogP contribution >= 0.6 is 11.6 Å². The average Bonchev–Trinajstić information content (AvgIpc) is 2.96. The SMILES string of the molecule is O=C(CCC1CCCC1)NCC1CCCCC1CCl. The lowest BCUT2D eigenvalue weighted by molar-refractivity contribution is -0.121. The number of hydrogen-bond acceptors (Lipinski definition) is 1. The first kappa shape index (κ1) is 15.2. The molecule has 2 nitrogen and oxygen atoms in total. The monoisotopic (exact) mass is 285 g/mol. The van der Waals surface area contributed by atoms with E-state index < -0.39 is 0 Å². The number of carbonyl (C=O) groups is 1. The Bertz CT molecular complexity index is 276. The molecule has 110 valence electrons. The lowest BCUT2D eigenvalue weighted by atomic mass is 9.80. The molecule has 0 aromatic carbocycles. The molecule has 0 aromatic heterocycles. The predicted octanol–water partition coefficient (Wildman–Crippen LogP) is 4.12. The van der Waals surface area contributed by atoms with Crippen LogP contribution in [-0.4, -0.2) is 18.3 Å². The maximum absolute atomic E-state index is 11.9. The number of nitrogens with one attached hydrogen (secondary N) is 1. The molecule has 2 unspecified atom stereocenters. The van der Waals surface area contributed by atoms with Gasteiger partial charge >= 0.3 is 0 Å². The molecule has 0 radical (unpaired) electrons. The largest absolute Gasteiger partial charge is 0.356 e. The first-order valence-electron chi connectivity index (χ1n) is 8.12. The van der Waals surface area contributed by atoms with Gasteiger partial charge in [0, 0.05) is 18.8 Å². The summed E-state index contributed by atoms with van der Waals surface area (Å²) >= 11 is 6.02. The van der Waals surface area contributed by atoms with Crippen LogP contribution in [0, 0.1) is 17.8 Å². The second kappa shape index (κ2) is 8.14. The summed E-state index contributed by atoms with van der Waals surface area (Å²) in [5, 5.41) is 3.14. The topological polar surface area (TPSA) is 29.1 Å². The third kappa shape index (κ3) is 4.98. The van der Waals surface area contributed by atoms with E-state index in [0.717, 1.165) is 31.2 Å². The van der Waals surface area contributed by atoms with Gasteiger partial charge in [0.15, 0.2) is 0 Å². The van der Waals surface area contributed by atoms with Gasteiger partial charge in [0.1, 0.15) is 0 Å². The molecule has 2 saturated carbocycles. The first-order chi connectivity index (χ1) is 9.29. The normalized spacial score (nSPS) is 28.5. The number of hydrogen-bond donors (Lipinski definition) is 1. The molecule has 0 heterocycles. The smallest absolute Gasteiger partial charge is 0.220 e. The summed E-state index contributed by atoms with van der Waals surface area (Å²) in [6.45, 7) is 0.848. The minimum Gasteiger partial charge on any atom is -0.356 e. The van der Waals surface area contributed by atoms with Gasteiger partial charge in [-0.3, -0.25) is 4.79 Å². The van der Waals surface area contributed by atoms with Crippen molar-refractivity contribution < 1.29 is 4.79 Å². The van der Waals surface area contributed by atoms with Crippen LogP contribution in [0.3, 0.4) is 0 Å². The predicted molar refractivity (Wildman–Crippen MR) is 80.4 cm³/mol. The van der Waals surface area contributed by atoms with Crippen molar-refractivity contribution >= 4 is 17.5 Å². The highest BCUT2D eigenvalue weighted by atomic mass is 35.5. The van der Waals surface area contributed by atoms with Gasteiger partial charge in [0.2, 0.25) is 5.91 Å². The zero-order valence-corrected chi connectivity index (χ0v) is 12.8. The summed E-state index contributed by atoms with van der Waals surface area (Å²) in [6.07, 6.45) is 12.3. The molecule has 0 aliphatic heterocycles. The molecule has 0 bridgehead atoms. The molecule has 0 saturated heterocycles. The molecule has 2 aliphatic carbocycles. The number of alkyl halides is 1. The van der Waals surface area contributed by atoms with Crippen molar-refractivity contribution in [1.29, 1.82) is 0 Å². The maximum atomic E-state index is 11.9.